The summed E-state index contributed by atoms with van der Waals surface area (Å²) in [5.74, 6) is -0.252. The number of thioether (sulfide) groups is 1. The molecule has 0 spiro atoms. The van der Waals surface area contributed by atoms with E-state index in [1.165, 1.54) is 18.5 Å². The second-order valence-corrected chi connectivity index (χ2v) is 6.35. The largest absolute Gasteiger partial charge is 0.406 e. The molecule has 0 aliphatic rings. The van der Waals surface area contributed by atoms with Crippen LogP contribution in [0.25, 0.3) is 11.4 Å². The second-order valence-electron chi connectivity index (χ2n) is 5.04. The number of carbonyl (C=O) groups excluding carboxylic acids is 1. The third-order valence-corrected chi connectivity index (χ3v) is 4.15. The number of amides is 1. The van der Waals surface area contributed by atoms with Crippen molar-refractivity contribution >= 4 is 17.7 Å². The third kappa shape index (κ3) is 5.31. The van der Waals surface area contributed by atoms with Crippen LogP contribution in [-0.2, 0) is 11.3 Å². The number of alkyl halides is 3. The fourth-order valence-electron chi connectivity index (χ4n) is 1.94. The van der Waals surface area contributed by atoms with Gasteiger partial charge in [0.25, 0.3) is 0 Å². The van der Waals surface area contributed by atoms with Crippen LogP contribution in [0.3, 0.4) is 0 Å². The molecular weight excluding hydrogens is 355 g/mol. The molecule has 0 unspecified atom stereocenters. The molecule has 2 aromatic heterocycles. The topological polar surface area (TPSA) is 72.7 Å². The van der Waals surface area contributed by atoms with Crippen LogP contribution < -0.4 is 5.32 Å². The predicted octanol–water partition coefficient (Wildman–Crippen LogP) is 2.69. The summed E-state index contributed by atoms with van der Waals surface area (Å²) in [5.41, 5.74) is 0.461. The quantitative estimate of drug-likeness (QED) is 0.598. The first-order chi connectivity index (χ1) is 11.8. The van der Waals surface area contributed by atoms with Crippen molar-refractivity contribution in [3.05, 3.63) is 37.2 Å². The number of pyridine rings is 1. The van der Waals surface area contributed by atoms with E-state index in [0.717, 1.165) is 16.3 Å². The van der Waals surface area contributed by atoms with Crippen molar-refractivity contribution in [2.24, 2.45) is 0 Å². The van der Waals surface area contributed by atoms with Crippen LogP contribution in [0.2, 0.25) is 0 Å². The minimum atomic E-state index is -4.45. The van der Waals surface area contributed by atoms with Gasteiger partial charge in [0.15, 0.2) is 11.0 Å². The van der Waals surface area contributed by atoms with Crippen LogP contribution >= 0.6 is 11.8 Å². The van der Waals surface area contributed by atoms with Gasteiger partial charge >= 0.3 is 6.18 Å². The van der Waals surface area contributed by atoms with Crippen molar-refractivity contribution in [1.29, 1.82) is 0 Å². The van der Waals surface area contributed by atoms with E-state index in [4.69, 9.17) is 0 Å². The minimum absolute atomic E-state index is 0.0189. The molecule has 2 aromatic rings. The number of hydrogen-bond donors (Lipinski definition) is 1. The van der Waals surface area contributed by atoms with E-state index in [9.17, 15) is 18.0 Å². The maximum absolute atomic E-state index is 13.0. The standard InChI is InChI=1S/C15H16F3N5OS/c1-3-6-20-13(24)10(2)25-14-22-21-12(11-4-7-19-8-5-11)23(14)9-15(16,17)18/h3-5,7-8,10H,1,6,9H2,2H3,(H,20,24)/t10-/m1/s1. The molecule has 10 heteroatoms. The molecule has 0 aliphatic carbocycles. The average molecular weight is 371 g/mol. The van der Waals surface area contributed by atoms with Crippen molar-refractivity contribution in [3.8, 4) is 11.4 Å². The summed E-state index contributed by atoms with van der Waals surface area (Å²) < 4.78 is 39.9. The molecule has 1 atom stereocenters. The van der Waals surface area contributed by atoms with Crippen LogP contribution in [0.1, 0.15) is 6.92 Å². The van der Waals surface area contributed by atoms with E-state index in [0.29, 0.717) is 5.56 Å². The molecule has 6 nitrogen and oxygen atoms in total. The highest BCUT2D eigenvalue weighted by atomic mass is 32.2. The van der Waals surface area contributed by atoms with E-state index >= 15 is 0 Å². The molecule has 0 fully saturated rings. The summed E-state index contributed by atoms with van der Waals surface area (Å²) in [6, 6.07) is 3.09. The summed E-state index contributed by atoms with van der Waals surface area (Å²) >= 11 is 0.912. The molecule has 2 heterocycles. The highest BCUT2D eigenvalue weighted by Crippen LogP contribution is 2.30. The molecular formula is C15H16F3N5OS. The SMILES string of the molecule is C=CCNC(=O)[C@@H](C)Sc1nnc(-c2ccncc2)n1CC(F)(F)F. The van der Waals surface area contributed by atoms with E-state index in [-0.39, 0.29) is 23.4 Å². The normalized spacial score (nSPS) is 12.6. The van der Waals surface area contributed by atoms with Crippen LogP contribution in [-0.4, -0.2) is 43.6 Å². The van der Waals surface area contributed by atoms with Gasteiger partial charge in [-0.2, -0.15) is 13.2 Å². The summed E-state index contributed by atoms with van der Waals surface area (Å²) in [5, 5.41) is 9.67. The van der Waals surface area contributed by atoms with Crippen LogP contribution in [0.5, 0.6) is 0 Å². The second kappa shape index (κ2) is 8.15. The molecule has 1 N–H and O–H groups in total. The lowest BCUT2D eigenvalue weighted by Crippen LogP contribution is -2.31. The molecule has 25 heavy (non-hydrogen) atoms. The van der Waals surface area contributed by atoms with E-state index in [2.05, 4.69) is 27.1 Å². The number of halogens is 3. The number of hydrogen-bond acceptors (Lipinski definition) is 5. The van der Waals surface area contributed by atoms with Crippen LogP contribution in [0, 0.1) is 0 Å². The Morgan fingerprint density at radius 1 is 1.40 bits per heavy atom. The van der Waals surface area contributed by atoms with Crippen molar-refractivity contribution in [1.82, 2.24) is 25.1 Å². The predicted molar refractivity (Wildman–Crippen MR) is 87.8 cm³/mol. The molecule has 2 rings (SSSR count). The molecule has 0 bridgehead atoms. The monoisotopic (exact) mass is 371 g/mol. The summed E-state index contributed by atoms with van der Waals surface area (Å²) in [6.07, 6.45) is -0.0168. The van der Waals surface area contributed by atoms with Gasteiger partial charge in [-0.15, -0.1) is 16.8 Å². The van der Waals surface area contributed by atoms with Gasteiger partial charge in [-0.3, -0.25) is 14.3 Å². The van der Waals surface area contributed by atoms with Gasteiger partial charge in [0.05, 0.1) is 5.25 Å². The van der Waals surface area contributed by atoms with Crippen LogP contribution in [0.15, 0.2) is 42.3 Å². The average Bonchev–Trinajstić information content (AvgIpc) is 2.94. The first-order valence-electron chi connectivity index (χ1n) is 7.27. The lowest BCUT2D eigenvalue weighted by Gasteiger charge is -2.14. The zero-order valence-electron chi connectivity index (χ0n) is 13.3. The van der Waals surface area contributed by atoms with Gasteiger partial charge in [0.2, 0.25) is 5.91 Å². The van der Waals surface area contributed by atoms with E-state index in [1.54, 1.807) is 19.1 Å². The van der Waals surface area contributed by atoms with E-state index in [1.807, 2.05) is 0 Å². The number of carbonyl (C=O) groups is 1. The first-order valence-corrected chi connectivity index (χ1v) is 8.15. The Morgan fingerprint density at radius 2 is 2.08 bits per heavy atom. The molecule has 1 amide bonds. The smallest absolute Gasteiger partial charge is 0.352 e. The summed E-state index contributed by atoms with van der Waals surface area (Å²) in [4.78, 5) is 15.7. The molecule has 134 valence electrons. The zero-order valence-corrected chi connectivity index (χ0v) is 14.1. The molecule has 0 aliphatic heterocycles. The zero-order chi connectivity index (χ0) is 18.4. The Labute approximate surface area is 146 Å². The number of rotatable bonds is 7. The van der Waals surface area contributed by atoms with Gasteiger partial charge in [0.1, 0.15) is 6.54 Å². The van der Waals surface area contributed by atoms with Crippen molar-refractivity contribution in [2.75, 3.05) is 6.54 Å². The highest BCUT2D eigenvalue weighted by Gasteiger charge is 2.32. The summed E-state index contributed by atoms with van der Waals surface area (Å²) in [6.45, 7) is 4.10. The number of aromatic nitrogens is 4. The van der Waals surface area contributed by atoms with E-state index < -0.39 is 18.0 Å². The number of nitrogens with one attached hydrogen (secondary N) is 1. The third-order valence-electron chi connectivity index (χ3n) is 3.06. The van der Waals surface area contributed by atoms with Gasteiger partial charge in [-0.1, -0.05) is 17.8 Å². The van der Waals surface area contributed by atoms with Gasteiger partial charge < -0.3 is 5.32 Å². The lowest BCUT2D eigenvalue weighted by atomic mass is 10.2. The molecule has 0 saturated carbocycles. The Bertz CT molecular complexity index is 733. The first kappa shape index (κ1) is 19.0. The Kier molecular flexibility index (Phi) is 6.18. The van der Waals surface area contributed by atoms with Crippen molar-refractivity contribution in [2.45, 2.75) is 30.1 Å². The fourth-order valence-corrected chi connectivity index (χ4v) is 2.81. The van der Waals surface area contributed by atoms with Crippen molar-refractivity contribution < 1.29 is 18.0 Å². The van der Waals surface area contributed by atoms with Gasteiger partial charge in [-0.05, 0) is 19.1 Å². The van der Waals surface area contributed by atoms with Crippen LogP contribution in [0.4, 0.5) is 13.2 Å². The maximum Gasteiger partial charge on any atom is 0.406 e. The number of nitrogens with zero attached hydrogens (tertiary/aromatic N) is 4. The highest BCUT2D eigenvalue weighted by molar-refractivity contribution is 8.00. The fraction of sp³-hybridized carbons (Fsp3) is 0.333. The van der Waals surface area contributed by atoms with Crippen molar-refractivity contribution in [3.63, 3.8) is 0 Å². The van der Waals surface area contributed by atoms with Gasteiger partial charge in [0, 0.05) is 24.5 Å². The maximum atomic E-state index is 13.0. The Balaban J connectivity index is 2.30. The molecule has 0 aromatic carbocycles. The minimum Gasteiger partial charge on any atom is -0.352 e. The Morgan fingerprint density at radius 3 is 2.68 bits per heavy atom. The molecule has 0 saturated heterocycles. The molecule has 0 radical (unpaired) electrons. The summed E-state index contributed by atoms with van der Waals surface area (Å²) in [7, 11) is 0. The lowest BCUT2D eigenvalue weighted by molar-refractivity contribution is -0.141. The van der Waals surface area contributed by atoms with Gasteiger partial charge in [-0.25, -0.2) is 0 Å². The Hall–Kier alpha value is -2.36.